The summed E-state index contributed by atoms with van der Waals surface area (Å²) in [5.74, 6) is 0.0316. The molecule has 0 radical (unpaired) electrons. The normalized spacial score (nSPS) is 12.6. The van der Waals surface area contributed by atoms with Gasteiger partial charge in [-0.2, -0.15) is 0 Å². The third kappa shape index (κ3) is 8.16. The Morgan fingerprint density at radius 1 is 1.18 bits per heavy atom. The molecule has 0 rings (SSSR count). The lowest BCUT2D eigenvalue weighted by Crippen LogP contribution is -2.48. The highest BCUT2D eigenvalue weighted by Crippen LogP contribution is 2.07. The molecule has 17 heavy (non-hydrogen) atoms. The molecule has 0 aliphatic carbocycles. The summed E-state index contributed by atoms with van der Waals surface area (Å²) in [6.45, 7) is 13.8. The van der Waals surface area contributed by atoms with Gasteiger partial charge in [-0.05, 0) is 41.0 Å². The number of carbonyl (C=O) groups is 1. The lowest BCUT2D eigenvalue weighted by Gasteiger charge is -2.27. The molecular formula is C13H28N2O2. The zero-order chi connectivity index (χ0) is 13.5. The van der Waals surface area contributed by atoms with E-state index in [1.165, 1.54) is 0 Å². The number of amides is 1. The fraction of sp³-hybridized carbons (Fsp3) is 0.923. The summed E-state index contributed by atoms with van der Waals surface area (Å²) in [5, 5.41) is 6.10. The van der Waals surface area contributed by atoms with E-state index in [1.54, 1.807) is 0 Å². The van der Waals surface area contributed by atoms with Gasteiger partial charge < -0.3 is 15.4 Å². The summed E-state index contributed by atoms with van der Waals surface area (Å²) in [6.07, 6.45) is 0.920. The van der Waals surface area contributed by atoms with E-state index in [2.05, 4.69) is 17.6 Å². The van der Waals surface area contributed by atoms with Crippen molar-refractivity contribution in [3.05, 3.63) is 0 Å². The van der Waals surface area contributed by atoms with Crippen molar-refractivity contribution in [2.24, 2.45) is 0 Å². The first-order valence-electron chi connectivity index (χ1n) is 6.38. The third-order valence-corrected chi connectivity index (χ3v) is 2.73. The van der Waals surface area contributed by atoms with Crippen LogP contribution in [0.4, 0.5) is 0 Å². The third-order valence-electron chi connectivity index (χ3n) is 2.73. The molecule has 4 nitrogen and oxygen atoms in total. The van der Waals surface area contributed by atoms with Gasteiger partial charge in [0.25, 0.3) is 0 Å². The SMILES string of the molecule is CCOC(C)(C)CNCC(=O)NC(C)(C)CC. The van der Waals surface area contributed by atoms with E-state index < -0.39 is 0 Å². The second kappa shape index (κ2) is 6.97. The highest BCUT2D eigenvalue weighted by molar-refractivity contribution is 5.78. The van der Waals surface area contributed by atoms with Crippen LogP contribution < -0.4 is 10.6 Å². The average Bonchev–Trinajstić information content (AvgIpc) is 2.16. The fourth-order valence-corrected chi connectivity index (χ4v) is 1.43. The van der Waals surface area contributed by atoms with E-state index in [0.717, 1.165) is 6.42 Å². The van der Waals surface area contributed by atoms with Crippen LogP contribution >= 0.6 is 0 Å². The Morgan fingerprint density at radius 2 is 1.76 bits per heavy atom. The summed E-state index contributed by atoms with van der Waals surface area (Å²) in [7, 11) is 0. The molecule has 0 aliphatic heterocycles. The van der Waals surface area contributed by atoms with Crippen LogP contribution in [0.3, 0.4) is 0 Å². The quantitative estimate of drug-likeness (QED) is 0.683. The monoisotopic (exact) mass is 244 g/mol. The van der Waals surface area contributed by atoms with Gasteiger partial charge in [0.05, 0.1) is 12.1 Å². The molecule has 0 unspecified atom stereocenters. The topological polar surface area (TPSA) is 50.4 Å². The zero-order valence-electron chi connectivity index (χ0n) is 12.1. The molecule has 0 saturated carbocycles. The van der Waals surface area contributed by atoms with Gasteiger partial charge in [-0.1, -0.05) is 6.92 Å². The minimum Gasteiger partial charge on any atom is -0.375 e. The summed E-state index contributed by atoms with van der Waals surface area (Å²) in [6, 6.07) is 0. The Kier molecular flexibility index (Phi) is 6.72. The van der Waals surface area contributed by atoms with Crippen molar-refractivity contribution < 1.29 is 9.53 Å². The number of carbonyl (C=O) groups excluding carboxylic acids is 1. The van der Waals surface area contributed by atoms with Crippen LogP contribution in [0.15, 0.2) is 0 Å². The van der Waals surface area contributed by atoms with Crippen LogP contribution in [0.25, 0.3) is 0 Å². The van der Waals surface area contributed by atoms with E-state index >= 15 is 0 Å². The predicted octanol–water partition coefficient (Wildman–Crippen LogP) is 1.70. The van der Waals surface area contributed by atoms with E-state index in [0.29, 0.717) is 19.7 Å². The van der Waals surface area contributed by atoms with Crippen LogP contribution in [0, 0.1) is 0 Å². The van der Waals surface area contributed by atoms with Crippen molar-refractivity contribution >= 4 is 5.91 Å². The molecule has 0 aromatic heterocycles. The van der Waals surface area contributed by atoms with E-state index in [9.17, 15) is 4.79 Å². The molecule has 0 fully saturated rings. The smallest absolute Gasteiger partial charge is 0.234 e. The van der Waals surface area contributed by atoms with Gasteiger partial charge in [0, 0.05) is 18.7 Å². The first-order valence-corrected chi connectivity index (χ1v) is 6.38. The van der Waals surface area contributed by atoms with Gasteiger partial charge in [0.1, 0.15) is 0 Å². The maximum Gasteiger partial charge on any atom is 0.234 e. The van der Waals surface area contributed by atoms with Crippen LogP contribution in [0.2, 0.25) is 0 Å². The molecule has 1 amide bonds. The molecule has 4 heteroatoms. The largest absolute Gasteiger partial charge is 0.375 e. The maximum absolute atomic E-state index is 11.6. The van der Waals surface area contributed by atoms with Gasteiger partial charge in [0.2, 0.25) is 5.91 Å². The average molecular weight is 244 g/mol. The van der Waals surface area contributed by atoms with Crippen molar-refractivity contribution in [1.82, 2.24) is 10.6 Å². The summed E-state index contributed by atoms with van der Waals surface area (Å²) in [5.41, 5.74) is -0.358. The zero-order valence-corrected chi connectivity index (χ0v) is 12.1. The molecule has 0 atom stereocenters. The minimum atomic E-state index is -0.227. The Bertz CT molecular complexity index is 238. The van der Waals surface area contributed by atoms with Crippen LogP contribution in [-0.2, 0) is 9.53 Å². The number of hydrogen-bond acceptors (Lipinski definition) is 3. The highest BCUT2D eigenvalue weighted by atomic mass is 16.5. The molecule has 0 spiro atoms. The summed E-state index contributed by atoms with van der Waals surface area (Å²) < 4.78 is 5.54. The van der Waals surface area contributed by atoms with Gasteiger partial charge in [0.15, 0.2) is 0 Å². The molecule has 0 heterocycles. The second-order valence-electron chi connectivity index (χ2n) is 5.58. The van der Waals surface area contributed by atoms with E-state index in [1.807, 2.05) is 34.6 Å². The predicted molar refractivity (Wildman–Crippen MR) is 71.1 cm³/mol. The standard InChI is InChI=1S/C13H28N2O2/c1-7-12(3,4)15-11(16)9-14-10-13(5,6)17-8-2/h14H,7-10H2,1-6H3,(H,15,16). The summed E-state index contributed by atoms with van der Waals surface area (Å²) in [4.78, 5) is 11.6. The molecule has 2 N–H and O–H groups in total. The van der Waals surface area contributed by atoms with E-state index in [-0.39, 0.29) is 17.0 Å². The van der Waals surface area contributed by atoms with Crippen LogP contribution in [-0.4, -0.2) is 36.7 Å². The molecular weight excluding hydrogens is 216 g/mol. The van der Waals surface area contributed by atoms with Crippen molar-refractivity contribution in [3.8, 4) is 0 Å². The number of ether oxygens (including phenoxy) is 1. The van der Waals surface area contributed by atoms with Crippen LogP contribution in [0.1, 0.15) is 48.0 Å². The molecule has 102 valence electrons. The molecule has 0 saturated heterocycles. The maximum atomic E-state index is 11.6. The van der Waals surface area contributed by atoms with Gasteiger partial charge in [-0.25, -0.2) is 0 Å². The number of hydrogen-bond donors (Lipinski definition) is 2. The fourth-order valence-electron chi connectivity index (χ4n) is 1.43. The minimum absolute atomic E-state index is 0.0316. The molecule has 0 aromatic rings. The van der Waals surface area contributed by atoms with Crippen molar-refractivity contribution in [1.29, 1.82) is 0 Å². The van der Waals surface area contributed by atoms with Crippen LogP contribution in [0.5, 0.6) is 0 Å². The summed E-state index contributed by atoms with van der Waals surface area (Å²) >= 11 is 0. The van der Waals surface area contributed by atoms with Crippen molar-refractivity contribution in [2.45, 2.75) is 59.1 Å². The lowest BCUT2D eigenvalue weighted by atomic mass is 10.0. The Balaban J connectivity index is 3.86. The van der Waals surface area contributed by atoms with Gasteiger partial charge in [-0.15, -0.1) is 0 Å². The van der Waals surface area contributed by atoms with Crippen molar-refractivity contribution in [2.75, 3.05) is 19.7 Å². The van der Waals surface area contributed by atoms with Crippen molar-refractivity contribution in [3.63, 3.8) is 0 Å². The number of rotatable bonds is 8. The Labute approximate surface area is 105 Å². The first-order chi connectivity index (χ1) is 7.72. The molecule has 0 aliphatic rings. The first kappa shape index (κ1) is 16.4. The second-order valence-corrected chi connectivity index (χ2v) is 5.58. The Morgan fingerprint density at radius 3 is 2.24 bits per heavy atom. The van der Waals surface area contributed by atoms with Gasteiger partial charge >= 0.3 is 0 Å². The molecule has 0 aromatic carbocycles. The van der Waals surface area contributed by atoms with E-state index in [4.69, 9.17) is 4.74 Å². The van der Waals surface area contributed by atoms with Gasteiger partial charge in [-0.3, -0.25) is 4.79 Å². The number of nitrogens with one attached hydrogen (secondary N) is 2. The molecule has 0 bridgehead atoms. The lowest BCUT2D eigenvalue weighted by molar-refractivity contribution is -0.122. The highest BCUT2D eigenvalue weighted by Gasteiger charge is 2.20. The Hall–Kier alpha value is -0.610.